The van der Waals surface area contributed by atoms with E-state index in [4.69, 9.17) is 10.5 Å². The molecule has 0 aliphatic carbocycles. The number of halogens is 1. The molecule has 0 aliphatic heterocycles. The maximum atomic E-state index is 12.1. The fourth-order valence-corrected chi connectivity index (χ4v) is 2.15. The van der Waals surface area contributed by atoms with Crippen LogP contribution in [0.2, 0.25) is 0 Å². The number of carbonyl (C=O) groups is 1. The van der Waals surface area contributed by atoms with Gasteiger partial charge in [0.15, 0.2) is 0 Å². The van der Waals surface area contributed by atoms with Crippen LogP contribution in [0, 0.1) is 0 Å². The fourth-order valence-electron chi connectivity index (χ4n) is 2.15. The second-order valence-electron chi connectivity index (χ2n) is 5.13. The van der Waals surface area contributed by atoms with Gasteiger partial charge in [0.05, 0.1) is 6.61 Å². The van der Waals surface area contributed by atoms with Crippen molar-refractivity contribution in [2.45, 2.75) is 26.5 Å². The van der Waals surface area contributed by atoms with Gasteiger partial charge in [-0.15, -0.1) is 12.4 Å². The van der Waals surface area contributed by atoms with E-state index in [1.165, 1.54) is 0 Å². The van der Waals surface area contributed by atoms with Gasteiger partial charge in [-0.05, 0) is 35.7 Å². The third-order valence-corrected chi connectivity index (χ3v) is 3.31. The summed E-state index contributed by atoms with van der Waals surface area (Å²) in [6, 6.07) is 14.9. The highest BCUT2D eigenvalue weighted by molar-refractivity contribution is 5.94. The maximum Gasteiger partial charge on any atom is 0.251 e. The number of anilines is 1. The number of amides is 1. The number of nitrogens with one attached hydrogen (secondary N) is 1. The monoisotopic (exact) mass is 334 g/mol. The topological polar surface area (TPSA) is 64.3 Å². The van der Waals surface area contributed by atoms with Crippen molar-refractivity contribution < 1.29 is 9.53 Å². The standard InChI is InChI=1S/C18H22N2O2.ClH/c1-2-10-22-13-16-7-4-3-6-15(16)12-20-18(21)14-8-5-9-17(19)11-14;/h3-9,11H,2,10,12-13,19H2,1H3,(H,20,21);1H. The molecule has 0 heterocycles. The second-order valence-corrected chi connectivity index (χ2v) is 5.13. The molecule has 0 unspecified atom stereocenters. The quantitative estimate of drug-likeness (QED) is 0.601. The summed E-state index contributed by atoms with van der Waals surface area (Å²) in [5.74, 6) is -0.128. The Morgan fingerprint density at radius 2 is 1.87 bits per heavy atom. The molecule has 0 saturated carbocycles. The van der Waals surface area contributed by atoms with Crippen molar-refractivity contribution in [3.05, 3.63) is 65.2 Å². The van der Waals surface area contributed by atoms with E-state index in [9.17, 15) is 4.79 Å². The zero-order chi connectivity index (χ0) is 15.8. The van der Waals surface area contributed by atoms with Crippen LogP contribution in [-0.4, -0.2) is 12.5 Å². The first-order valence-corrected chi connectivity index (χ1v) is 7.49. The molecule has 2 rings (SSSR count). The van der Waals surface area contributed by atoms with Gasteiger partial charge in [-0.3, -0.25) is 4.79 Å². The number of nitrogen functional groups attached to an aromatic ring is 1. The molecule has 2 aromatic carbocycles. The highest BCUT2D eigenvalue weighted by Crippen LogP contribution is 2.11. The van der Waals surface area contributed by atoms with E-state index in [1.54, 1.807) is 24.3 Å². The molecule has 1 amide bonds. The van der Waals surface area contributed by atoms with Crippen LogP contribution in [0.4, 0.5) is 5.69 Å². The SMILES string of the molecule is CCCOCc1ccccc1CNC(=O)c1cccc(N)c1.Cl. The molecule has 0 spiro atoms. The van der Waals surface area contributed by atoms with Crippen molar-refractivity contribution in [3.8, 4) is 0 Å². The van der Waals surface area contributed by atoms with Crippen molar-refractivity contribution >= 4 is 24.0 Å². The highest BCUT2D eigenvalue weighted by atomic mass is 35.5. The van der Waals surface area contributed by atoms with Crippen molar-refractivity contribution in [2.24, 2.45) is 0 Å². The number of hydrogen-bond acceptors (Lipinski definition) is 3. The van der Waals surface area contributed by atoms with Crippen LogP contribution < -0.4 is 11.1 Å². The molecular formula is C18H23ClN2O2. The summed E-state index contributed by atoms with van der Waals surface area (Å²) in [4.78, 5) is 12.1. The zero-order valence-corrected chi connectivity index (χ0v) is 14.1. The molecule has 0 fully saturated rings. The molecule has 2 aromatic rings. The van der Waals surface area contributed by atoms with Crippen LogP contribution >= 0.6 is 12.4 Å². The Morgan fingerprint density at radius 3 is 2.57 bits per heavy atom. The predicted molar refractivity (Wildman–Crippen MR) is 95.7 cm³/mol. The van der Waals surface area contributed by atoms with E-state index in [0.29, 0.717) is 24.4 Å². The lowest BCUT2D eigenvalue weighted by Gasteiger charge is -2.11. The number of rotatable bonds is 7. The molecule has 0 atom stereocenters. The van der Waals surface area contributed by atoms with E-state index in [1.807, 2.05) is 24.3 Å². The number of nitrogens with two attached hydrogens (primary N) is 1. The summed E-state index contributed by atoms with van der Waals surface area (Å²) in [6.45, 7) is 3.86. The van der Waals surface area contributed by atoms with Crippen LogP contribution in [-0.2, 0) is 17.9 Å². The molecule has 124 valence electrons. The van der Waals surface area contributed by atoms with Crippen molar-refractivity contribution in [2.75, 3.05) is 12.3 Å². The summed E-state index contributed by atoms with van der Waals surface area (Å²) in [6.07, 6.45) is 0.994. The fraction of sp³-hybridized carbons (Fsp3) is 0.278. The lowest BCUT2D eigenvalue weighted by atomic mass is 10.1. The average Bonchev–Trinajstić information content (AvgIpc) is 2.54. The van der Waals surface area contributed by atoms with Gasteiger partial charge in [0.25, 0.3) is 5.91 Å². The zero-order valence-electron chi connectivity index (χ0n) is 13.2. The normalized spacial score (nSPS) is 9.96. The average molecular weight is 335 g/mol. The molecule has 23 heavy (non-hydrogen) atoms. The van der Waals surface area contributed by atoms with Gasteiger partial charge in [-0.1, -0.05) is 37.3 Å². The van der Waals surface area contributed by atoms with Crippen LogP contribution in [0.3, 0.4) is 0 Å². The minimum absolute atomic E-state index is 0. The van der Waals surface area contributed by atoms with Gasteiger partial charge in [-0.25, -0.2) is 0 Å². The number of hydrogen-bond donors (Lipinski definition) is 2. The van der Waals surface area contributed by atoms with Gasteiger partial charge >= 0.3 is 0 Å². The Hall–Kier alpha value is -2.04. The largest absolute Gasteiger partial charge is 0.399 e. The Morgan fingerprint density at radius 1 is 1.13 bits per heavy atom. The summed E-state index contributed by atoms with van der Waals surface area (Å²) < 4.78 is 5.59. The molecule has 0 aliphatic rings. The molecule has 0 bridgehead atoms. The molecule has 5 heteroatoms. The number of carbonyl (C=O) groups excluding carboxylic acids is 1. The summed E-state index contributed by atoms with van der Waals surface area (Å²) in [7, 11) is 0. The van der Waals surface area contributed by atoms with Crippen LogP contribution in [0.1, 0.15) is 34.8 Å². The predicted octanol–water partition coefficient (Wildman–Crippen LogP) is 3.55. The van der Waals surface area contributed by atoms with Crippen LogP contribution in [0.5, 0.6) is 0 Å². The molecule has 4 nitrogen and oxygen atoms in total. The van der Waals surface area contributed by atoms with Gasteiger partial charge in [0.1, 0.15) is 0 Å². The smallest absolute Gasteiger partial charge is 0.251 e. The first-order valence-electron chi connectivity index (χ1n) is 7.49. The van der Waals surface area contributed by atoms with Crippen molar-refractivity contribution in [1.82, 2.24) is 5.32 Å². The van der Waals surface area contributed by atoms with Gasteiger partial charge in [0.2, 0.25) is 0 Å². The van der Waals surface area contributed by atoms with Gasteiger partial charge in [0, 0.05) is 24.4 Å². The lowest BCUT2D eigenvalue weighted by molar-refractivity contribution is 0.0949. The molecular weight excluding hydrogens is 312 g/mol. The first-order chi connectivity index (χ1) is 10.7. The summed E-state index contributed by atoms with van der Waals surface area (Å²) in [5, 5.41) is 2.92. The minimum atomic E-state index is -0.128. The van der Waals surface area contributed by atoms with Crippen LogP contribution in [0.15, 0.2) is 48.5 Å². The van der Waals surface area contributed by atoms with Gasteiger partial charge < -0.3 is 15.8 Å². The van der Waals surface area contributed by atoms with E-state index >= 15 is 0 Å². The first kappa shape index (κ1) is 19.0. The third kappa shape index (κ3) is 5.93. The number of benzene rings is 2. The Balaban J connectivity index is 0.00000264. The van der Waals surface area contributed by atoms with E-state index in [2.05, 4.69) is 12.2 Å². The maximum absolute atomic E-state index is 12.1. The van der Waals surface area contributed by atoms with Crippen molar-refractivity contribution in [3.63, 3.8) is 0 Å². The number of ether oxygens (including phenoxy) is 1. The minimum Gasteiger partial charge on any atom is -0.399 e. The lowest BCUT2D eigenvalue weighted by Crippen LogP contribution is -2.23. The van der Waals surface area contributed by atoms with E-state index < -0.39 is 0 Å². The van der Waals surface area contributed by atoms with E-state index in [-0.39, 0.29) is 18.3 Å². The Bertz CT molecular complexity index is 632. The van der Waals surface area contributed by atoms with Crippen LogP contribution in [0.25, 0.3) is 0 Å². The van der Waals surface area contributed by atoms with E-state index in [0.717, 1.165) is 24.2 Å². The second kappa shape index (κ2) is 9.87. The van der Waals surface area contributed by atoms with Gasteiger partial charge in [-0.2, -0.15) is 0 Å². The summed E-state index contributed by atoms with van der Waals surface area (Å²) >= 11 is 0. The highest BCUT2D eigenvalue weighted by Gasteiger charge is 2.07. The molecule has 0 saturated heterocycles. The Kier molecular flexibility index (Phi) is 8.16. The molecule has 0 aromatic heterocycles. The summed E-state index contributed by atoms with van der Waals surface area (Å²) in [5.41, 5.74) is 9.02. The van der Waals surface area contributed by atoms with Crippen molar-refractivity contribution in [1.29, 1.82) is 0 Å². The third-order valence-electron chi connectivity index (χ3n) is 3.31. The molecule has 3 N–H and O–H groups in total. The Labute approximate surface area is 143 Å². The molecule has 0 radical (unpaired) electrons.